The van der Waals surface area contributed by atoms with Gasteiger partial charge in [0.25, 0.3) is 0 Å². The van der Waals surface area contributed by atoms with Crippen LogP contribution in [0.5, 0.6) is 5.75 Å². The fourth-order valence-electron chi connectivity index (χ4n) is 1.85. The van der Waals surface area contributed by atoms with Crippen molar-refractivity contribution in [1.29, 1.82) is 0 Å². The van der Waals surface area contributed by atoms with Gasteiger partial charge in [-0.3, -0.25) is 0 Å². The molecule has 0 heterocycles. The molecule has 2 rings (SSSR count). The molecule has 2 aromatic carbocycles. The number of hydrogen-bond donors (Lipinski definition) is 3. The smallest absolute Gasteiger partial charge is 0.319 e. The Kier molecular flexibility index (Phi) is 5.04. The average Bonchev–Trinajstić information content (AvgIpc) is 2.50. The highest BCUT2D eigenvalue weighted by molar-refractivity contribution is 5.89. The average molecular weight is 285 g/mol. The quantitative estimate of drug-likeness (QED) is 0.739. The van der Waals surface area contributed by atoms with Crippen molar-refractivity contribution in [1.82, 2.24) is 5.32 Å². The van der Waals surface area contributed by atoms with E-state index in [4.69, 9.17) is 10.5 Å². The Morgan fingerprint density at radius 1 is 1.10 bits per heavy atom. The highest BCUT2D eigenvalue weighted by Gasteiger charge is 2.01. The Labute approximate surface area is 124 Å². The first-order valence-corrected chi connectivity index (χ1v) is 6.71. The van der Waals surface area contributed by atoms with Gasteiger partial charge in [-0.05, 0) is 48.4 Å². The zero-order valence-corrected chi connectivity index (χ0v) is 11.9. The van der Waals surface area contributed by atoms with E-state index >= 15 is 0 Å². The largest absolute Gasteiger partial charge is 0.497 e. The molecule has 0 aromatic heterocycles. The first-order valence-electron chi connectivity index (χ1n) is 6.71. The molecule has 0 fully saturated rings. The number of nitrogens with two attached hydrogens (primary N) is 1. The summed E-state index contributed by atoms with van der Waals surface area (Å²) in [6, 6.07) is 14.6. The molecule has 0 saturated heterocycles. The summed E-state index contributed by atoms with van der Waals surface area (Å²) in [7, 11) is 1.64. The molecule has 0 aliphatic carbocycles. The number of benzene rings is 2. The van der Waals surface area contributed by atoms with Gasteiger partial charge in [-0.1, -0.05) is 12.1 Å². The van der Waals surface area contributed by atoms with Crippen molar-refractivity contribution in [2.24, 2.45) is 0 Å². The maximum absolute atomic E-state index is 11.7. The van der Waals surface area contributed by atoms with E-state index < -0.39 is 0 Å². The summed E-state index contributed by atoms with van der Waals surface area (Å²) in [5.41, 5.74) is 8.11. The number of carbonyl (C=O) groups excluding carboxylic acids is 1. The molecule has 2 amide bonds. The van der Waals surface area contributed by atoms with Crippen LogP contribution < -0.4 is 21.1 Å². The molecular weight excluding hydrogens is 266 g/mol. The Bertz CT molecular complexity index is 579. The lowest BCUT2D eigenvalue weighted by Crippen LogP contribution is -2.30. The van der Waals surface area contributed by atoms with Crippen molar-refractivity contribution in [3.05, 3.63) is 54.1 Å². The lowest BCUT2D eigenvalue weighted by molar-refractivity contribution is 0.252. The molecule has 0 atom stereocenters. The van der Waals surface area contributed by atoms with Gasteiger partial charge in [-0.25, -0.2) is 4.79 Å². The Balaban J connectivity index is 1.74. The van der Waals surface area contributed by atoms with Crippen LogP contribution in [-0.4, -0.2) is 19.7 Å². The maximum Gasteiger partial charge on any atom is 0.319 e. The highest BCUT2D eigenvalue weighted by atomic mass is 16.5. The van der Waals surface area contributed by atoms with E-state index in [1.54, 1.807) is 31.4 Å². The SMILES string of the molecule is COc1ccc(CCNC(=O)Nc2ccc(N)cc2)cc1. The summed E-state index contributed by atoms with van der Waals surface area (Å²) in [6.07, 6.45) is 0.763. The molecular formula is C16H19N3O2. The molecule has 21 heavy (non-hydrogen) atoms. The van der Waals surface area contributed by atoms with Gasteiger partial charge < -0.3 is 21.1 Å². The third-order valence-corrected chi connectivity index (χ3v) is 3.03. The predicted octanol–water partition coefficient (Wildman–Crippen LogP) is 2.64. The third-order valence-electron chi connectivity index (χ3n) is 3.03. The predicted molar refractivity (Wildman–Crippen MR) is 84.6 cm³/mol. The lowest BCUT2D eigenvalue weighted by atomic mass is 10.1. The Morgan fingerprint density at radius 3 is 2.38 bits per heavy atom. The number of anilines is 2. The molecule has 0 unspecified atom stereocenters. The topological polar surface area (TPSA) is 76.4 Å². The van der Waals surface area contributed by atoms with Crippen LogP contribution >= 0.6 is 0 Å². The number of methoxy groups -OCH3 is 1. The molecule has 4 N–H and O–H groups in total. The fourth-order valence-corrected chi connectivity index (χ4v) is 1.85. The van der Waals surface area contributed by atoms with E-state index in [1.807, 2.05) is 24.3 Å². The van der Waals surface area contributed by atoms with Crippen molar-refractivity contribution in [2.75, 3.05) is 24.7 Å². The normalized spacial score (nSPS) is 9.95. The summed E-state index contributed by atoms with van der Waals surface area (Å²) >= 11 is 0. The molecule has 0 spiro atoms. The summed E-state index contributed by atoms with van der Waals surface area (Å²) in [4.78, 5) is 11.7. The van der Waals surface area contributed by atoms with E-state index in [2.05, 4.69) is 10.6 Å². The third kappa shape index (κ3) is 4.72. The van der Waals surface area contributed by atoms with Crippen LogP contribution in [0.3, 0.4) is 0 Å². The molecule has 0 aliphatic heterocycles. The molecule has 2 aromatic rings. The van der Waals surface area contributed by atoms with Crippen LogP contribution in [0.1, 0.15) is 5.56 Å². The number of amides is 2. The van der Waals surface area contributed by atoms with Gasteiger partial charge in [-0.15, -0.1) is 0 Å². The summed E-state index contributed by atoms with van der Waals surface area (Å²) in [5, 5.41) is 5.56. The van der Waals surface area contributed by atoms with Gasteiger partial charge in [0.1, 0.15) is 5.75 Å². The zero-order valence-electron chi connectivity index (χ0n) is 11.9. The molecule has 0 radical (unpaired) electrons. The van der Waals surface area contributed by atoms with E-state index in [1.165, 1.54) is 0 Å². The summed E-state index contributed by atoms with van der Waals surface area (Å²) < 4.78 is 5.10. The first-order chi connectivity index (χ1) is 10.2. The van der Waals surface area contributed by atoms with Crippen LogP contribution in [0.4, 0.5) is 16.2 Å². The van der Waals surface area contributed by atoms with Crippen molar-refractivity contribution >= 4 is 17.4 Å². The minimum atomic E-state index is -0.228. The number of ether oxygens (including phenoxy) is 1. The Hall–Kier alpha value is -2.69. The number of urea groups is 1. The second-order valence-corrected chi connectivity index (χ2v) is 4.60. The molecule has 5 heteroatoms. The van der Waals surface area contributed by atoms with Gasteiger partial charge >= 0.3 is 6.03 Å². The Morgan fingerprint density at radius 2 is 1.76 bits per heavy atom. The fraction of sp³-hybridized carbons (Fsp3) is 0.188. The summed E-state index contributed by atoms with van der Waals surface area (Å²) in [6.45, 7) is 0.563. The highest BCUT2D eigenvalue weighted by Crippen LogP contribution is 2.12. The molecule has 0 saturated carbocycles. The van der Waals surface area contributed by atoms with Crippen LogP contribution in [0.15, 0.2) is 48.5 Å². The van der Waals surface area contributed by atoms with E-state index in [0.717, 1.165) is 17.7 Å². The van der Waals surface area contributed by atoms with E-state index in [9.17, 15) is 4.79 Å². The minimum absolute atomic E-state index is 0.228. The maximum atomic E-state index is 11.7. The molecule has 5 nitrogen and oxygen atoms in total. The van der Waals surface area contributed by atoms with E-state index in [-0.39, 0.29) is 6.03 Å². The molecule has 0 aliphatic rings. The molecule has 110 valence electrons. The zero-order chi connectivity index (χ0) is 15.1. The van der Waals surface area contributed by atoms with Crippen molar-refractivity contribution in [3.63, 3.8) is 0 Å². The molecule has 0 bridgehead atoms. The van der Waals surface area contributed by atoms with Crippen LogP contribution in [0.25, 0.3) is 0 Å². The second kappa shape index (κ2) is 7.19. The first kappa shape index (κ1) is 14.7. The van der Waals surface area contributed by atoms with Gasteiger partial charge in [0.2, 0.25) is 0 Å². The monoisotopic (exact) mass is 285 g/mol. The van der Waals surface area contributed by atoms with Crippen LogP contribution in [0, 0.1) is 0 Å². The van der Waals surface area contributed by atoms with E-state index in [0.29, 0.717) is 17.9 Å². The van der Waals surface area contributed by atoms with Crippen molar-refractivity contribution in [2.45, 2.75) is 6.42 Å². The number of hydrogen-bond acceptors (Lipinski definition) is 3. The van der Waals surface area contributed by atoms with Crippen LogP contribution in [0.2, 0.25) is 0 Å². The van der Waals surface area contributed by atoms with Crippen LogP contribution in [-0.2, 0) is 6.42 Å². The van der Waals surface area contributed by atoms with Gasteiger partial charge in [0, 0.05) is 17.9 Å². The second-order valence-electron chi connectivity index (χ2n) is 4.60. The number of rotatable bonds is 5. The number of nitrogen functional groups attached to an aromatic ring is 1. The lowest BCUT2D eigenvalue weighted by Gasteiger charge is -2.08. The number of nitrogens with one attached hydrogen (secondary N) is 2. The number of carbonyl (C=O) groups is 1. The van der Waals surface area contributed by atoms with Gasteiger partial charge in [0.15, 0.2) is 0 Å². The minimum Gasteiger partial charge on any atom is -0.497 e. The van der Waals surface area contributed by atoms with Crippen molar-refractivity contribution in [3.8, 4) is 5.75 Å². The van der Waals surface area contributed by atoms with Gasteiger partial charge in [-0.2, -0.15) is 0 Å². The summed E-state index contributed by atoms with van der Waals surface area (Å²) in [5.74, 6) is 0.827. The standard InChI is InChI=1S/C16H19N3O2/c1-21-15-8-2-12(3-9-15)10-11-18-16(20)19-14-6-4-13(17)5-7-14/h2-9H,10-11,17H2,1H3,(H2,18,19,20). The van der Waals surface area contributed by atoms with Crippen molar-refractivity contribution < 1.29 is 9.53 Å². The van der Waals surface area contributed by atoms with Gasteiger partial charge in [0.05, 0.1) is 7.11 Å².